The summed E-state index contributed by atoms with van der Waals surface area (Å²) in [4.78, 5) is 19.4. The van der Waals surface area contributed by atoms with E-state index in [9.17, 15) is 4.79 Å². The van der Waals surface area contributed by atoms with E-state index in [-0.39, 0.29) is 5.91 Å². The van der Waals surface area contributed by atoms with E-state index in [4.69, 9.17) is 0 Å². The van der Waals surface area contributed by atoms with Crippen molar-refractivity contribution in [3.05, 3.63) is 41.4 Å². The molecule has 0 aliphatic carbocycles. The summed E-state index contributed by atoms with van der Waals surface area (Å²) in [6.45, 7) is 5.41. The maximum atomic E-state index is 12.1. The lowest BCUT2D eigenvalue weighted by molar-refractivity contribution is 0.0772. The number of amides is 1. The molecule has 0 saturated heterocycles. The molecule has 0 radical (unpaired) electrons. The van der Waals surface area contributed by atoms with E-state index < -0.39 is 0 Å². The van der Waals surface area contributed by atoms with Gasteiger partial charge in [-0.2, -0.15) is 0 Å². The first-order valence-electron chi connectivity index (χ1n) is 6.05. The highest BCUT2D eigenvalue weighted by atomic mass is 32.1. The van der Waals surface area contributed by atoms with Gasteiger partial charge in [0.1, 0.15) is 0 Å². The molecule has 18 heavy (non-hydrogen) atoms. The molecular weight excluding hydrogens is 244 g/mol. The summed E-state index contributed by atoms with van der Waals surface area (Å²) in [5.41, 5.74) is 1.57. The van der Waals surface area contributed by atoms with E-state index >= 15 is 0 Å². The molecule has 0 N–H and O–H groups in total. The van der Waals surface area contributed by atoms with Crippen LogP contribution >= 0.6 is 11.3 Å². The fourth-order valence-corrected chi connectivity index (χ4v) is 2.49. The minimum absolute atomic E-state index is 0.0465. The first kappa shape index (κ1) is 12.8. The van der Waals surface area contributed by atoms with Crippen molar-refractivity contribution in [1.29, 1.82) is 0 Å². The molecular formula is C14H16N2OS. The van der Waals surface area contributed by atoms with Crippen molar-refractivity contribution >= 4 is 17.2 Å². The molecule has 2 aromatic rings. The Morgan fingerprint density at radius 1 is 1.28 bits per heavy atom. The lowest BCUT2D eigenvalue weighted by Gasteiger charge is -2.18. The van der Waals surface area contributed by atoms with Crippen LogP contribution < -0.4 is 0 Å². The van der Waals surface area contributed by atoms with Gasteiger partial charge >= 0.3 is 0 Å². The minimum Gasteiger partial charge on any atom is -0.339 e. The van der Waals surface area contributed by atoms with Gasteiger partial charge in [0.15, 0.2) is 0 Å². The summed E-state index contributed by atoms with van der Waals surface area (Å²) in [7, 11) is 0. The molecule has 2 aromatic heterocycles. The third-order valence-corrected chi connectivity index (χ3v) is 3.73. The van der Waals surface area contributed by atoms with Gasteiger partial charge in [0, 0.05) is 19.3 Å². The van der Waals surface area contributed by atoms with E-state index in [0.29, 0.717) is 5.56 Å². The van der Waals surface area contributed by atoms with Crippen LogP contribution in [0.15, 0.2) is 35.8 Å². The SMILES string of the molecule is CCN(CC)C(=O)c1ccc(-c2cccs2)nc1. The van der Waals surface area contributed by atoms with E-state index in [2.05, 4.69) is 4.98 Å². The fraction of sp³-hybridized carbons (Fsp3) is 0.286. The molecule has 0 aliphatic rings. The van der Waals surface area contributed by atoms with E-state index in [1.54, 1.807) is 22.4 Å². The zero-order valence-corrected chi connectivity index (χ0v) is 11.4. The van der Waals surface area contributed by atoms with Crippen LogP contribution in [-0.2, 0) is 0 Å². The van der Waals surface area contributed by atoms with Crippen molar-refractivity contribution in [3.63, 3.8) is 0 Å². The highest BCUT2D eigenvalue weighted by molar-refractivity contribution is 7.13. The van der Waals surface area contributed by atoms with Crippen molar-refractivity contribution in [2.45, 2.75) is 13.8 Å². The number of carbonyl (C=O) groups excluding carboxylic acids is 1. The highest BCUT2D eigenvalue weighted by Crippen LogP contribution is 2.22. The van der Waals surface area contributed by atoms with E-state index in [0.717, 1.165) is 23.7 Å². The zero-order chi connectivity index (χ0) is 13.0. The van der Waals surface area contributed by atoms with Crippen LogP contribution in [0, 0.1) is 0 Å². The van der Waals surface area contributed by atoms with Gasteiger partial charge in [-0.15, -0.1) is 11.3 Å². The number of aromatic nitrogens is 1. The summed E-state index contributed by atoms with van der Waals surface area (Å²) >= 11 is 1.65. The molecule has 0 saturated carbocycles. The molecule has 3 nitrogen and oxygen atoms in total. The van der Waals surface area contributed by atoms with Crippen LogP contribution in [0.3, 0.4) is 0 Å². The number of hydrogen-bond acceptors (Lipinski definition) is 3. The number of nitrogens with zero attached hydrogens (tertiary/aromatic N) is 2. The molecule has 2 heterocycles. The number of carbonyl (C=O) groups is 1. The molecule has 4 heteroatoms. The number of rotatable bonds is 4. The van der Waals surface area contributed by atoms with Gasteiger partial charge in [-0.05, 0) is 37.4 Å². The van der Waals surface area contributed by atoms with Gasteiger partial charge in [0.2, 0.25) is 0 Å². The number of hydrogen-bond donors (Lipinski definition) is 0. The maximum absolute atomic E-state index is 12.1. The summed E-state index contributed by atoms with van der Waals surface area (Å²) < 4.78 is 0. The molecule has 0 bridgehead atoms. The Kier molecular flexibility index (Phi) is 4.10. The Bertz CT molecular complexity index is 501. The van der Waals surface area contributed by atoms with Crippen molar-refractivity contribution in [2.75, 3.05) is 13.1 Å². The summed E-state index contributed by atoms with van der Waals surface area (Å²) in [6.07, 6.45) is 1.66. The van der Waals surface area contributed by atoms with Crippen LogP contribution in [0.1, 0.15) is 24.2 Å². The normalized spacial score (nSPS) is 10.3. The Hall–Kier alpha value is -1.68. The van der Waals surface area contributed by atoms with Crippen LogP contribution in [0.4, 0.5) is 0 Å². The molecule has 1 amide bonds. The molecule has 0 fully saturated rings. The number of pyridine rings is 1. The second-order valence-corrected chi connectivity index (χ2v) is 4.83. The third-order valence-electron chi connectivity index (χ3n) is 2.83. The standard InChI is InChI=1S/C14H16N2OS/c1-3-16(4-2)14(17)11-7-8-12(15-10-11)13-6-5-9-18-13/h5-10H,3-4H2,1-2H3. The average Bonchev–Trinajstić information content (AvgIpc) is 2.94. The maximum Gasteiger partial charge on any atom is 0.255 e. The topological polar surface area (TPSA) is 33.2 Å². The summed E-state index contributed by atoms with van der Waals surface area (Å²) in [5, 5.41) is 2.02. The molecule has 0 spiro atoms. The van der Waals surface area contributed by atoms with Crippen LogP contribution in [0.25, 0.3) is 10.6 Å². The predicted octanol–water partition coefficient (Wildman–Crippen LogP) is 3.29. The van der Waals surface area contributed by atoms with Crippen molar-refractivity contribution < 1.29 is 4.79 Å². The zero-order valence-electron chi connectivity index (χ0n) is 10.6. The minimum atomic E-state index is 0.0465. The second kappa shape index (κ2) is 5.78. The van der Waals surface area contributed by atoms with Gasteiger partial charge in [-0.25, -0.2) is 0 Å². The molecule has 0 atom stereocenters. The van der Waals surface area contributed by atoms with Gasteiger partial charge in [0.25, 0.3) is 5.91 Å². The quantitative estimate of drug-likeness (QED) is 0.845. The molecule has 94 valence electrons. The lowest BCUT2D eigenvalue weighted by Crippen LogP contribution is -2.30. The van der Waals surface area contributed by atoms with Crippen LogP contribution in [0.2, 0.25) is 0 Å². The molecule has 0 aliphatic heterocycles. The first-order valence-corrected chi connectivity index (χ1v) is 6.93. The monoisotopic (exact) mass is 260 g/mol. The molecule has 2 rings (SSSR count). The highest BCUT2D eigenvalue weighted by Gasteiger charge is 2.12. The predicted molar refractivity (Wildman–Crippen MR) is 74.8 cm³/mol. The van der Waals surface area contributed by atoms with Gasteiger partial charge in [-0.3, -0.25) is 9.78 Å². The summed E-state index contributed by atoms with van der Waals surface area (Å²) in [6, 6.07) is 7.78. The molecule has 0 unspecified atom stereocenters. The Labute approximate surface area is 111 Å². The number of thiophene rings is 1. The van der Waals surface area contributed by atoms with E-state index in [1.807, 2.05) is 43.5 Å². The van der Waals surface area contributed by atoms with Crippen molar-refractivity contribution in [2.24, 2.45) is 0 Å². The summed E-state index contributed by atoms with van der Waals surface area (Å²) in [5.74, 6) is 0.0465. The molecule has 0 aromatic carbocycles. The largest absolute Gasteiger partial charge is 0.339 e. The van der Waals surface area contributed by atoms with Crippen LogP contribution in [0.5, 0.6) is 0 Å². The van der Waals surface area contributed by atoms with Crippen molar-refractivity contribution in [3.8, 4) is 10.6 Å². The van der Waals surface area contributed by atoms with Crippen molar-refractivity contribution in [1.82, 2.24) is 9.88 Å². The van der Waals surface area contributed by atoms with Crippen LogP contribution in [-0.4, -0.2) is 28.9 Å². The van der Waals surface area contributed by atoms with E-state index in [1.165, 1.54) is 0 Å². The van der Waals surface area contributed by atoms with Gasteiger partial charge < -0.3 is 4.90 Å². The lowest BCUT2D eigenvalue weighted by atomic mass is 10.2. The fourth-order valence-electron chi connectivity index (χ4n) is 1.78. The third kappa shape index (κ3) is 2.59. The smallest absolute Gasteiger partial charge is 0.255 e. The first-order chi connectivity index (χ1) is 8.76. The average molecular weight is 260 g/mol. The Balaban J connectivity index is 2.20. The Morgan fingerprint density at radius 2 is 2.06 bits per heavy atom. The second-order valence-electron chi connectivity index (χ2n) is 3.89. The van der Waals surface area contributed by atoms with Gasteiger partial charge in [0.05, 0.1) is 16.1 Å². The Morgan fingerprint density at radius 3 is 2.56 bits per heavy atom. The van der Waals surface area contributed by atoms with Gasteiger partial charge in [-0.1, -0.05) is 6.07 Å².